The van der Waals surface area contributed by atoms with Crippen LogP contribution in [0.1, 0.15) is 51.4 Å². The minimum Gasteiger partial charge on any atom is -0.376 e. The van der Waals surface area contributed by atoms with Crippen molar-refractivity contribution in [3.8, 4) is 0 Å². The maximum atomic E-state index is 5.86. The number of nitrogens with zero attached hydrogens (tertiary/aromatic N) is 1. The molecule has 1 unspecified atom stereocenters. The van der Waals surface area contributed by atoms with Gasteiger partial charge in [0.25, 0.3) is 0 Å². The SMILES string of the molecule is NC(=NCC1CCCO1)NCCC1=CCCCCC1. The van der Waals surface area contributed by atoms with Gasteiger partial charge in [-0.2, -0.15) is 0 Å². The summed E-state index contributed by atoms with van der Waals surface area (Å²) >= 11 is 0. The molecular weight excluding hydrogens is 238 g/mol. The van der Waals surface area contributed by atoms with Crippen LogP contribution in [-0.2, 0) is 4.74 Å². The van der Waals surface area contributed by atoms with Crippen LogP contribution in [0.2, 0.25) is 0 Å². The Kier molecular flexibility index (Phi) is 6.21. The molecule has 4 heteroatoms. The van der Waals surface area contributed by atoms with Crippen LogP contribution in [0, 0.1) is 0 Å². The van der Waals surface area contributed by atoms with Crippen LogP contribution < -0.4 is 11.1 Å². The Hall–Kier alpha value is -1.03. The Morgan fingerprint density at radius 3 is 3.16 bits per heavy atom. The highest BCUT2D eigenvalue weighted by Gasteiger charge is 2.14. The van der Waals surface area contributed by atoms with Gasteiger partial charge in [0.15, 0.2) is 5.96 Å². The molecule has 2 rings (SSSR count). The van der Waals surface area contributed by atoms with Gasteiger partial charge in [-0.3, -0.25) is 4.99 Å². The molecule has 0 amide bonds. The third kappa shape index (κ3) is 5.64. The van der Waals surface area contributed by atoms with Gasteiger partial charge in [0.05, 0.1) is 12.6 Å². The summed E-state index contributed by atoms with van der Waals surface area (Å²) in [5.41, 5.74) is 7.44. The monoisotopic (exact) mass is 265 g/mol. The van der Waals surface area contributed by atoms with E-state index in [4.69, 9.17) is 10.5 Å². The smallest absolute Gasteiger partial charge is 0.188 e. The van der Waals surface area contributed by atoms with E-state index >= 15 is 0 Å². The first kappa shape index (κ1) is 14.4. The predicted octanol–water partition coefficient (Wildman–Crippen LogP) is 2.35. The molecule has 0 saturated carbocycles. The van der Waals surface area contributed by atoms with E-state index in [0.717, 1.165) is 32.4 Å². The van der Waals surface area contributed by atoms with Gasteiger partial charge < -0.3 is 15.8 Å². The molecule has 19 heavy (non-hydrogen) atoms. The first-order valence-electron chi connectivity index (χ1n) is 7.68. The fourth-order valence-electron chi connectivity index (χ4n) is 2.70. The molecule has 3 N–H and O–H groups in total. The number of rotatable bonds is 5. The van der Waals surface area contributed by atoms with E-state index in [9.17, 15) is 0 Å². The highest BCUT2D eigenvalue weighted by Crippen LogP contribution is 2.19. The van der Waals surface area contributed by atoms with Crippen molar-refractivity contribution < 1.29 is 4.74 Å². The van der Waals surface area contributed by atoms with E-state index in [1.165, 1.54) is 32.1 Å². The zero-order chi connectivity index (χ0) is 13.3. The predicted molar refractivity (Wildman–Crippen MR) is 79.3 cm³/mol. The van der Waals surface area contributed by atoms with E-state index in [1.54, 1.807) is 5.57 Å². The number of nitrogens with two attached hydrogens (primary N) is 1. The Bertz CT molecular complexity index is 319. The molecule has 0 spiro atoms. The van der Waals surface area contributed by atoms with Crippen molar-refractivity contribution >= 4 is 5.96 Å². The summed E-state index contributed by atoms with van der Waals surface area (Å²) < 4.78 is 5.52. The summed E-state index contributed by atoms with van der Waals surface area (Å²) in [7, 11) is 0. The molecule has 1 aliphatic carbocycles. The number of allylic oxidation sites excluding steroid dienone is 1. The van der Waals surface area contributed by atoms with E-state index in [1.807, 2.05) is 0 Å². The quantitative estimate of drug-likeness (QED) is 0.456. The molecular formula is C15H27N3O. The second kappa shape index (κ2) is 8.20. The number of guanidine groups is 1. The number of aliphatic imine (C=N–C) groups is 1. The van der Waals surface area contributed by atoms with Crippen molar-refractivity contribution in [3.05, 3.63) is 11.6 Å². The second-order valence-corrected chi connectivity index (χ2v) is 5.50. The lowest BCUT2D eigenvalue weighted by Crippen LogP contribution is -2.33. The van der Waals surface area contributed by atoms with E-state index in [-0.39, 0.29) is 6.10 Å². The van der Waals surface area contributed by atoms with Crippen molar-refractivity contribution in [2.45, 2.75) is 57.5 Å². The third-order valence-corrected chi connectivity index (χ3v) is 3.88. The minimum absolute atomic E-state index is 0.282. The second-order valence-electron chi connectivity index (χ2n) is 5.50. The molecule has 2 aliphatic rings. The lowest BCUT2D eigenvalue weighted by atomic mass is 10.1. The number of hydrogen-bond donors (Lipinski definition) is 2. The van der Waals surface area contributed by atoms with E-state index in [2.05, 4.69) is 16.4 Å². The Morgan fingerprint density at radius 1 is 1.37 bits per heavy atom. The van der Waals surface area contributed by atoms with E-state index in [0.29, 0.717) is 12.5 Å². The van der Waals surface area contributed by atoms with Crippen molar-refractivity contribution in [1.82, 2.24) is 5.32 Å². The van der Waals surface area contributed by atoms with Crippen LogP contribution in [-0.4, -0.2) is 31.8 Å². The van der Waals surface area contributed by atoms with Crippen LogP contribution in [0.15, 0.2) is 16.6 Å². The van der Waals surface area contributed by atoms with Crippen molar-refractivity contribution in [2.75, 3.05) is 19.7 Å². The van der Waals surface area contributed by atoms with Gasteiger partial charge in [0.1, 0.15) is 0 Å². The van der Waals surface area contributed by atoms with Gasteiger partial charge >= 0.3 is 0 Å². The molecule has 1 fully saturated rings. The molecule has 1 aliphatic heterocycles. The van der Waals surface area contributed by atoms with Gasteiger partial charge in [-0.1, -0.05) is 18.1 Å². The lowest BCUT2D eigenvalue weighted by Gasteiger charge is -2.09. The number of nitrogens with one attached hydrogen (secondary N) is 1. The van der Waals surface area contributed by atoms with Crippen LogP contribution in [0.5, 0.6) is 0 Å². The standard InChI is InChI=1S/C15H27N3O/c16-15(18-12-14-8-5-11-19-14)17-10-9-13-6-3-1-2-4-7-13/h6,14H,1-5,7-12H2,(H3,16,17,18). The summed E-state index contributed by atoms with van der Waals surface area (Å²) in [5.74, 6) is 0.560. The zero-order valence-electron chi connectivity index (χ0n) is 11.9. The molecule has 4 nitrogen and oxygen atoms in total. The highest BCUT2D eigenvalue weighted by atomic mass is 16.5. The van der Waals surface area contributed by atoms with Gasteiger partial charge in [0, 0.05) is 13.2 Å². The average Bonchev–Trinajstić information content (AvgIpc) is 2.80. The molecule has 0 aromatic rings. The molecule has 1 atom stereocenters. The van der Waals surface area contributed by atoms with Crippen molar-refractivity contribution in [2.24, 2.45) is 10.7 Å². The number of hydrogen-bond acceptors (Lipinski definition) is 2. The molecule has 108 valence electrons. The van der Waals surface area contributed by atoms with Crippen LogP contribution in [0.4, 0.5) is 0 Å². The zero-order valence-corrected chi connectivity index (χ0v) is 11.9. The fraction of sp³-hybridized carbons (Fsp3) is 0.800. The lowest BCUT2D eigenvalue weighted by molar-refractivity contribution is 0.118. The fourth-order valence-corrected chi connectivity index (χ4v) is 2.70. The third-order valence-electron chi connectivity index (χ3n) is 3.88. The topological polar surface area (TPSA) is 59.6 Å². The van der Waals surface area contributed by atoms with E-state index < -0.39 is 0 Å². The summed E-state index contributed by atoms with van der Waals surface area (Å²) in [6.07, 6.45) is 12.6. The van der Waals surface area contributed by atoms with Crippen LogP contribution >= 0.6 is 0 Å². The van der Waals surface area contributed by atoms with Crippen LogP contribution in [0.25, 0.3) is 0 Å². The van der Waals surface area contributed by atoms with Gasteiger partial charge in [-0.15, -0.1) is 0 Å². The molecule has 0 aromatic heterocycles. The molecule has 0 aromatic carbocycles. The van der Waals surface area contributed by atoms with Gasteiger partial charge in [0.2, 0.25) is 0 Å². The summed E-state index contributed by atoms with van der Waals surface area (Å²) in [6, 6.07) is 0. The van der Waals surface area contributed by atoms with Crippen LogP contribution in [0.3, 0.4) is 0 Å². The first-order valence-corrected chi connectivity index (χ1v) is 7.68. The number of ether oxygens (including phenoxy) is 1. The first-order chi connectivity index (χ1) is 9.34. The Balaban J connectivity index is 1.61. The van der Waals surface area contributed by atoms with Crippen molar-refractivity contribution in [3.63, 3.8) is 0 Å². The molecule has 0 radical (unpaired) electrons. The molecule has 1 heterocycles. The van der Waals surface area contributed by atoms with Gasteiger partial charge in [-0.05, 0) is 44.9 Å². The largest absolute Gasteiger partial charge is 0.376 e. The molecule has 0 bridgehead atoms. The average molecular weight is 265 g/mol. The summed E-state index contributed by atoms with van der Waals surface area (Å²) in [5, 5.41) is 3.21. The summed E-state index contributed by atoms with van der Waals surface area (Å²) in [6.45, 7) is 2.47. The normalized spacial score (nSPS) is 24.9. The molecule has 1 saturated heterocycles. The maximum absolute atomic E-state index is 5.86. The maximum Gasteiger partial charge on any atom is 0.188 e. The summed E-state index contributed by atoms with van der Waals surface area (Å²) in [4.78, 5) is 4.35. The highest BCUT2D eigenvalue weighted by molar-refractivity contribution is 5.77. The Labute approximate surface area is 116 Å². The van der Waals surface area contributed by atoms with Gasteiger partial charge in [-0.25, -0.2) is 0 Å². The minimum atomic E-state index is 0.282. The van der Waals surface area contributed by atoms with Crippen molar-refractivity contribution in [1.29, 1.82) is 0 Å². The Morgan fingerprint density at radius 2 is 2.32 bits per heavy atom.